The second-order valence-electron chi connectivity index (χ2n) is 5.07. The molecule has 0 N–H and O–H groups in total. The minimum atomic E-state index is 0.265. The normalized spacial score (nSPS) is 22.7. The van der Waals surface area contributed by atoms with Crippen LogP contribution in [0.1, 0.15) is 28.8 Å². The van der Waals surface area contributed by atoms with E-state index in [9.17, 15) is 0 Å². The third-order valence-electron chi connectivity index (χ3n) is 3.94. The van der Waals surface area contributed by atoms with E-state index in [2.05, 4.69) is 45.2 Å². The van der Waals surface area contributed by atoms with E-state index >= 15 is 0 Å². The van der Waals surface area contributed by atoms with Crippen molar-refractivity contribution in [3.63, 3.8) is 0 Å². The van der Waals surface area contributed by atoms with Gasteiger partial charge in [0.15, 0.2) is 0 Å². The summed E-state index contributed by atoms with van der Waals surface area (Å²) in [7, 11) is 0. The van der Waals surface area contributed by atoms with Crippen LogP contribution in [0.5, 0.6) is 0 Å². The van der Waals surface area contributed by atoms with Gasteiger partial charge in [-0.15, -0.1) is 11.3 Å². The first-order valence-electron chi connectivity index (χ1n) is 6.36. The fourth-order valence-electron chi connectivity index (χ4n) is 3.04. The van der Waals surface area contributed by atoms with Crippen LogP contribution in [0.2, 0.25) is 0 Å². The smallest absolute Gasteiger partial charge is 0.0794 e. The number of alkyl halides is 1. The van der Waals surface area contributed by atoms with Crippen molar-refractivity contribution in [1.82, 2.24) is 4.98 Å². The van der Waals surface area contributed by atoms with E-state index in [1.807, 2.05) is 11.7 Å². The summed E-state index contributed by atoms with van der Waals surface area (Å²) in [6.45, 7) is 0. The van der Waals surface area contributed by atoms with E-state index in [1.165, 1.54) is 29.7 Å². The summed E-state index contributed by atoms with van der Waals surface area (Å²) in [4.78, 5) is 5.61. The Labute approximate surface area is 120 Å². The van der Waals surface area contributed by atoms with Gasteiger partial charge in [0.05, 0.1) is 5.51 Å². The monoisotopic (exact) mass is 321 g/mol. The van der Waals surface area contributed by atoms with Gasteiger partial charge in [0.25, 0.3) is 0 Å². The highest BCUT2D eigenvalue weighted by atomic mass is 79.9. The lowest BCUT2D eigenvalue weighted by atomic mass is 9.69. The largest absolute Gasteiger partial charge is 0.253 e. The van der Waals surface area contributed by atoms with Crippen LogP contribution in [0.4, 0.5) is 0 Å². The molecule has 1 nitrogen and oxygen atoms in total. The molecule has 1 aliphatic carbocycles. The van der Waals surface area contributed by atoms with Crippen LogP contribution in [0.3, 0.4) is 0 Å². The van der Waals surface area contributed by atoms with Crippen LogP contribution in [0, 0.1) is 0 Å². The van der Waals surface area contributed by atoms with Gasteiger partial charge in [0, 0.05) is 21.8 Å². The number of rotatable bonds is 3. The number of aryl methyl sites for hydroxylation is 1. The molecule has 1 aromatic heterocycles. The van der Waals surface area contributed by atoms with Crippen molar-refractivity contribution in [1.29, 1.82) is 0 Å². The molecule has 0 spiro atoms. The zero-order chi connectivity index (χ0) is 12.4. The van der Waals surface area contributed by atoms with Gasteiger partial charge in [0.1, 0.15) is 0 Å². The molecule has 0 aliphatic heterocycles. The number of benzene rings is 1. The van der Waals surface area contributed by atoms with Crippen LogP contribution in [-0.2, 0) is 18.3 Å². The summed E-state index contributed by atoms with van der Waals surface area (Å²) in [5.41, 5.74) is 5.28. The first-order chi connectivity index (χ1) is 8.84. The van der Waals surface area contributed by atoms with Gasteiger partial charge >= 0.3 is 0 Å². The minimum Gasteiger partial charge on any atom is -0.253 e. The standard InChI is InChI=1S/C15H16BrNS/c16-10-15(8-13-9-17-11-18-13)7-3-5-12-4-1-2-6-14(12)15/h1-2,4,6,9,11H,3,5,7-8,10H2. The number of thiazole rings is 1. The van der Waals surface area contributed by atoms with E-state index in [4.69, 9.17) is 0 Å². The number of fused-ring (bicyclic) bond motifs is 1. The molecule has 0 amide bonds. The molecule has 3 heteroatoms. The van der Waals surface area contributed by atoms with E-state index in [0.717, 1.165) is 11.8 Å². The van der Waals surface area contributed by atoms with Gasteiger partial charge < -0.3 is 0 Å². The molecule has 0 saturated carbocycles. The Hall–Kier alpha value is -0.670. The lowest BCUT2D eigenvalue weighted by molar-refractivity contribution is 0.403. The number of hydrogen-bond donors (Lipinski definition) is 0. The van der Waals surface area contributed by atoms with Crippen LogP contribution in [0.15, 0.2) is 36.0 Å². The molecule has 3 rings (SSSR count). The quantitative estimate of drug-likeness (QED) is 0.766. The Kier molecular flexibility index (Phi) is 3.53. The fraction of sp³-hybridized carbons (Fsp3) is 0.400. The third kappa shape index (κ3) is 2.14. The van der Waals surface area contributed by atoms with Crippen LogP contribution in [-0.4, -0.2) is 10.3 Å². The zero-order valence-corrected chi connectivity index (χ0v) is 12.6. The Bertz CT molecular complexity index is 523. The van der Waals surface area contributed by atoms with Crippen LogP contribution >= 0.6 is 27.3 Å². The minimum absolute atomic E-state index is 0.265. The first-order valence-corrected chi connectivity index (χ1v) is 8.36. The van der Waals surface area contributed by atoms with Crippen molar-refractivity contribution in [2.45, 2.75) is 31.1 Å². The molecule has 0 fully saturated rings. The molecule has 0 saturated heterocycles. The molecular weight excluding hydrogens is 306 g/mol. The van der Waals surface area contributed by atoms with Crippen molar-refractivity contribution in [3.05, 3.63) is 52.0 Å². The predicted octanol–water partition coefficient (Wildman–Crippen LogP) is 4.35. The Morgan fingerprint density at radius 2 is 2.22 bits per heavy atom. The molecule has 1 aliphatic rings. The molecule has 1 heterocycles. The SMILES string of the molecule is BrCC1(Cc2cncs2)CCCc2ccccc21. The summed E-state index contributed by atoms with van der Waals surface area (Å²) >= 11 is 5.54. The summed E-state index contributed by atoms with van der Waals surface area (Å²) in [5.74, 6) is 0. The van der Waals surface area contributed by atoms with Gasteiger partial charge in [-0.25, -0.2) is 0 Å². The molecule has 0 bridgehead atoms. The van der Waals surface area contributed by atoms with Gasteiger partial charge in [-0.05, 0) is 36.8 Å². The average molecular weight is 322 g/mol. The maximum Gasteiger partial charge on any atom is 0.0794 e. The second kappa shape index (κ2) is 5.14. The van der Waals surface area contributed by atoms with Gasteiger partial charge in [-0.3, -0.25) is 4.98 Å². The number of hydrogen-bond acceptors (Lipinski definition) is 2. The Morgan fingerprint density at radius 3 is 3.00 bits per heavy atom. The summed E-state index contributed by atoms with van der Waals surface area (Å²) < 4.78 is 0. The summed E-state index contributed by atoms with van der Waals surface area (Å²) in [6.07, 6.45) is 6.93. The molecule has 1 atom stereocenters. The van der Waals surface area contributed by atoms with Crippen molar-refractivity contribution in [3.8, 4) is 0 Å². The van der Waals surface area contributed by atoms with E-state index in [-0.39, 0.29) is 5.41 Å². The molecule has 1 aromatic carbocycles. The summed E-state index contributed by atoms with van der Waals surface area (Å²) in [6, 6.07) is 8.94. The van der Waals surface area contributed by atoms with Crippen LogP contribution in [0.25, 0.3) is 0 Å². The average Bonchev–Trinajstić information content (AvgIpc) is 2.92. The predicted molar refractivity (Wildman–Crippen MR) is 80.7 cm³/mol. The highest BCUT2D eigenvalue weighted by Gasteiger charge is 2.35. The first kappa shape index (κ1) is 12.4. The number of halogens is 1. The lowest BCUT2D eigenvalue weighted by Gasteiger charge is -2.37. The molecule has 94 valence electrons. The third-order valence-corrected chi connectivity index (χ3v) is 5.80. The van der Waals surface area contributed by atoms with Crippen molar-refractivity contribution in [2.75, 3.05) is 5.33 Å². The van der Waals surface area contributed by atoms with Crippen molar-refractivity contribution < 1.29 is 0 Å². The highest BCUT2D eigenvalue weighted by molar-refractivity contribution is 9.09. The lowest BCUT2D eigenvalue weighted by Crippen LogP contribution is -2.34. The Balaban J connectivity index is 2.02. The highest BCUT2D eigenvalue weighted by Crippen LogP contribution is 2.41. The fourth-order valence-corrected chi connectivity index (χ4v) is 4.56. The zero-order valence-electron chi connectivity index (χ0n) is 10.2. The molecule has 1 unspecified atom stereocenters. The Morgan fingerprint density at radius 1 is 1.33 bits per heavy atom. The molecular formula is C15H16BrNS. The maximum absolute atomic E-state index is 4.21. The number of nitrogens with zero attached hydrogens (tertiary/aromatic N) is 1. The topological polar surface area (TPSA) is 12.9 Å². The second-order valence-corrected chi connectivity index (χ2v) is 6.60. The van der Waals surface area contributed by atoms with Crippen LogP contribution < -0.4 is 0 Å². The molecule has 18 heavy (non-hydrogen) atoms. The van der Waals surface area contributed by atoms with E-state index < -0.39 is 0 Å². The van der Waals surface area contributed by atoms with E-state index in [1.54, 1.807) is 16.9 Å². The molecule has 2 aromatic rings. The maximum atomic E-state index is 4.21. The number of aromatic nitrogens is 1. The summed E-state index contributed by atoms with van der Waals surface area (Å²) in [5, 5.41) is 1.04. The molecule has 0 radical (unpaired) electrons. The van der Waals surface area contributed by atoms with E-state index in [0.29, 0.717) is 0 Å². The van der Waals surface area contributed by atoms with Gasteiger partial charge in [-0.2, -0.15) is 0 Å². The van der Waals surface area contributed by atoms with Crippen molar-refractivity contribution in [2.24, 2.45) is 0 Å². The van der Waals surface area contributed by atoms with Gasteiger partial charge in [0.2, 0.25) is 0 Å². The van der Waals surface area contributed by atoms with Gasteiger partial charge in [-0.1, -0.05) is 40.2 Å². The van der Waals surface area contributed by atoms with Crippen molar-refractivity contribution >= 4 is 27.3 Å².